The Morgan fingerprint density at radius 1 is 1.53 bits per heavy atom. The molecular formula is C11H15NO2S. The van der Waals surface area contributed by atoms with Gasteiger partial charge in [0.25, 0.3) is 5.91 Å². The number of thiophene rings is 1. The van der Waals surface area contributed by atoms with E-state index in [1.165, 1.54) is 24.2 Å². The fourth-order valence-electron chi connectivity index (χ4n) is 1.87. The Bertz CT molecular complexity index is 342. The lowest BCUT2D eigenvalue weighted by Gasteiger charge is -2.10. The van der Waals surface area contributed by atoms with Gasteiger partial charge in [-0.05, 0) is 12.8 Å². The van der Waals surface area contributed by atoms with Crippen LogP contribution in [0.5, 0.6) is 5.75 Å². The SMILES string of the molecule is COc1csc(C(=O)NC2CCCC2)c1. The molecule has 4 heteroatoms. The number of amides is 1. The quantitative estimate of drug-likeness (QED) is 0.858. The van der Waals surface area contributed by atoms with Crippen LogP contribution in [0.15, 0.2) is 11.4 Å². The van der Waals surface area contributed by atoms with Gasteiger partial charge in [0.2, 0.25) is 0 Å². The summed E-state index contributed by atoms with van der Waals surface area (Å²) in [5.41, 5.74) is 0. The number of hydrogen-bond acceptors (Lipinski definition) is 3. The molecule has 1 saturated carbocycles. The Morgan fingerprint density at radius 2 is 2.27 bits per heavy atom. The van der Waals surface area contributed by atoms with E-state index in [-0.39, 0.29) is 5.91 Å². The van der Waals surface area contributed by atoms with E-state index in [2.05, 4.69) is 5.32 Å². The van der Waals surface area contributed by atoms with Crippen molar-refractivity contribution in [2.45, 2.75) is 31.7 Å². The Morgan fingerprint density at radius 3 is 2.87 bits per heavy atom. The van der Waals surface area contributed by atoms with Crippen molar-refractivity contribution in [1.82, 2.24) is 5.32 Å². The van der Waals surface area contributed by atoms with E-state index >= 15 is 0 Å². The summed E-state index contributed by atoms with van der Waals surface area (Å²) in [5.74, 6) is 0.798. The number of nitrogens with one attached hydrogen (secondary N) is 1. The van der Waals surface area contributed by atoms with Crippen LogP contribution in [0, 0.1) is 0 Å². The summed E-state index contributed by atoms with van der Waals surface area (Å²) in [7, 11) is 1.61. The van der Waals surface area contributed by atoms with Gasteiger partial charge in [0.05, 0.1) is 12.0 Å². The molecule has 1 aromatic rings. The van der Waals surface area contributed by atoms with Crippen LogP contribution in [0.4, 0.5) is 0 Å². The Labute approximate surface area is 93.4 Å². The third-order valence-corrected chi connectivity index (χ3v) is 3.63. The number of carbonyl (C=O) groups is 1. The van der Waals surface area contributed by atoms with Crippen molar-refractivity contribution in [2.24, 2.45) is 0 Å². The molecule has 1 heterocycles. The van der Waals surface area contributed by atoms with Crippen LogP contribution in [0.3, 0.4) is 0 Å². The first kappa shape index (κ1) is 10.5. The standard InChI is InChI=1S/C11H15NO2S/c1-14-9-6-10(15-7-9)11(13)12-8-4-2-3-5-8/h6-8H,2-5H2,1H3,(H,12,13). The highest BCUT2D eigenvalue weighted by Gasteiger charge is 2.18. The number of ether oxygens (including phenoxy) is 1. The van der Waals surface area contributed by atoms with Crippen molar-refractivity contribution in [2.75, 3.05) is 7.11 Å². The minimum atomic E-state index is 0.0372. The van der Waals surface area contributed by atoms with Crippen molar-refractivity contribution in [3.05, 3.63) is 16.3 Å². The summed E-state index contributed by atoms with van der Waals surface area (Å²) in [6.07, 6.45) is 4.71. The molecule has 82 valence electrons. The molecule has 0 radical (unpaired) electrons. The van der Waals surface area contributed by atoms with Gasteiger partial charge >= 0.3 is 0 Å². The van der Waals surface area contributed by atoms with Crippen LogP contribution in [-0.2, 0) is 0 Å². The smallest absolute Gasteiger partial charge is 0.261 e. The summed E-state index contributed by atoms with van der Waals surface area (Å²) < 4.78 is 5.05. The molecule has 1 N–H and O–H groups in total. The molecule has 0 aromatic carbocycles. The average molecular weight is 225 g/mol. The van der Waals surface area contributed by atoms with E-state index < -0.39 is 0 Å². The number of hydrogen-bond donors (Lipinski definition) is 1. The normalized spacial score (nSPS) is 16.6. The summed E-state index contributed by atoms with van der Waals surface area (Å²) in [4.78, 5) is 12.5. The first-order chi connectivity index (χ1) is 7.29. The van der Waals surface area contributed by atoms with Gasteiger partial charge in [-0.3, -0.25) is 4.79 Å². The molecule has 1 aliphatic carbocycles. The first-order valence-corrected chi connectivity index (χ1v) is 6.11. The van der Waals surface area contributed by atoms with Gasteiger partial charge < -0.3 is 10.1 Å². The van der Waals surface area contributed by atoms with Crippen LogP contribution < -0.4 is 10.1 Å². The predicted molar refractivity (Wildman–Crippen MR) is 60.6 cm³/mol. The van der Waals surface area contributed by atoms with Gasteiger partial charge in [0.1, 0.15) is 5.75 Å². The molecule has 0 aliphatic heterocycles. The Balaban J connectivity index is 1.94. The van der Waals surface area contributed by atoms with Crippen molar-refractivity contribution in [1.29, 1.82) is 0 Å². The second kappa shape index (κ2) is 4.66. The number of rotatable bonds is 3. The molecule has 15 heavy (non-hydrogen) atoms. The van der Waals surface area contributed by atoms with Gasteiger partial charge in [-0.2, -0.15) is 0 Å². The molecule has 1 fully saturated rings. The minimum Gasteiger partial charge on any atom is -0.496 e. The van der Waals surface area contributed by atoms with Crippen LogP contribution in [0.1, 0.15) is 35.4 Å². The average Bonchev–Trinajstić information content (AvgIpc) is 2.86. The highest BCUT2D eigenvalue weighted by Crippen LogP contribution is 2.22. The van der Waals surface area contributed by atoms with Crippen LogP contribution in [0.2, 0.25) is 0 Å². The van der Waals surface area contributed by atoms with Gasteiger partial charge in [-0.25, -0.2) is 0 Å². The molecule has 2 rings (SSSR count). The number of methoxy groups -OCH3 is 1. The van der Waals surface area contributed by atoms with E-state index in [1.807, 2.05) is 5.38 Å². The van der Waals surface area contributed by atoms with Crippen LogP contribution >= 0.6 is 11.3 Å². The Kier molecular flexibility index (Phi) is 3.26. The van der Waals surface area contributed by atoms with Crippen LogP contribution in [-0.4, -0.2) is 19.1 Å². The fraction of sp³-hybridized carbons (Fsp3) is 0.545. The van der Waals surface area contributed by atoms with E-state index in [4.69, 9.17) is 4.74 Å². The maximum atomic E-state index is 11.8. The minimum absolute atomic E-state index is 0.0372. The Hall–Kier alpha value is -1.03. The van der Waals surface area contributed by atoms with Gasteiger partial charge in [0, 0.05) is 17.5 Å². The number of carbonyl (C=O) groups excluding carboxylic acids is 1. The third kappa shape index (κ3) is 2.50. The maximum absolute atomic E-state index is 11.8. The molecule has 1 aromatic heterocycles. The van der Waals surface area contributed by atoms with Gasteiger partial charge in [-0.15, -0.1) is 11.3 Å². The summed E-state index contributed by atoms with van der Waals surface area (Å²) >= 11 is 1.43. The molecule has 0 atom stereocenters. The summed E-state index contributed by atoms with van der Waals surface area (Å²) in [6.45, 7) is 0. The lowest BCUT2D eigenvalue weighted by Crippen LogP contribution is -2.31. The molecule has 0 bridgehead atoms. The molecular weight excluding hydrogens is 210 g/mol. The lowest BCUT2D eigenvalue weighted by molar-refractivity contribution is 0.0942. The largest absolute Gasteiger partial charge is 0.496 e. The van der Waals surface area contributed by atoms with E-state index in [0.717, 1.165) is 23.5 Å². The van der Waals surface area contributed by atoms with Crippen molar-refractivity contribution in [3.8, 4) is 5.75 Å². The highest BCUT2D eigenvalue weighted by atomic mass is 32.1. The van der Waals surface area contributed by atoms with Crippen molar-refractivity contribution >= 4 is 17.2 Å². The fourth-order valence-corrected chi connectivity index (χ4v) is 2.63. The predicted octanol–water partition coefficient (Wildman–Crippen LogP) is 2.43. The summed E-state index contributed by atoms with van der Waals surface area (Å²) in [6, 6.07) is 2.17. The van der Waals surface area contributed by atoms with Gasteiger partial charge in [0.15, 0.2) is 0 Å². The molecule has 3 nitrogen and oxygen atoms in total. The molecule has 1 amide bonds. The maximum Gasteiger partial charge on any atom is 0.261 e. The third-order valence-electron chi connectivity index (χ3n) is 2.73. The van der Waals surface area contributed by atoms with Crippen LogP contribution in [0.25, 0.3) is 0 Å². The van der Waals surface area contributed by atoms with E-state index in [0.29, 0.717) is 6.04 Å². The molecule has 1 aliphatic rings. The van der Waals surface area contributed by atoms with E-state index in [1.54, 1.807) is 13.2 Å². The second-order valence-electron chi connectivity index (χ2n) is 3.81. The lowest BCUT2D eigenvalue weighted by atomic mass is 10.2. The molecule has 0 spiro atoms. The van der Waals surface area contributed by atoms with Crippen molar-refractivity contribution in [3.63, 3.8) is 0 Å². The molecule has 0 unspecified atom stereocenters. The summed E-state index contributed by atoms with van der Waals surface area (Å²) in [5, 5.41) is 4.90. The van der Waals surface area contributed by atoms with Crippen molar-refractivity contribution < 1.29 is 9.53 Å². The zero-order valence-electron chi connectivity index (χ0n) is 8.79. The first-order valence-electron chi connectivity index (χ1n) is 5.23. The molecule has 0 saturated heterocycles. The zero-order valence-corrected chi connectivity index (χ0v) is 9.60. The second-order valence-corrected chi connectivity index (χ2v) is 4.72. The monoisotopic (exact) mass is 225 g/mol. The topological polar surface area (TPSA) is 38.3 Å². The zero-order chi connectivity index (χ0) is 10.7. The van der Waals surface area contributed by atoms with E-state index in [9.17, 15) is 4.79 Å². The van der Waals surface area contributed by atoms with Gasteiger partial charge in [-0.1, -0.05) is 12.8 Å². The highest BCUT2D eigenvalue weighted by molar-refractivity contribution is 7.12.